The molecule has 0 saturated heterocycles. The van der Waals surface area contributed by atoms with Crippen LogP contribution in [0.2, 0.25) is 0 Å². The van der Waals surface area contributed by atoms with E-state index in [1.165, 1.54) is 0 Å². The molecule has 0 amide bonds. The summed E-state index contributed by atoms with van der Waals surface area (Å²) in [6, 6.07) is 3.56. The van der Waals surface area contributed by atoms with Gasteiger partial charge in [0.2, 0.25) is 10.0 Å². The zero-order valence-electron chi connectivity index (χ0n) is 9.10. The van der Waals surface area contributed by atoms with Crippen LogP contribution in [0.25, 0.3) is 0 Å². The number of sulfonamides is 1. The molecule has 1 fully saturated rings. The molecule has 1 aliphatic carbocycles. The largest absolute Gasteiger partial charge is 0.396 e. The quantitative estimate of drug-likeness (QED) is 0.832. The molecule has 0 aromatic carbocycles. The first kappa shape index (κ1) is 11.2. The summed E-state index contributed by atoms with van der Waals surface area (Å²) in [6.45, 7) is 1.57. The molecule has 6 heteroatoms. The van der Waals surface area contributed by atoms with E-state index in [4.69, 9.17) is 5.73 Å². The van der Waals surface area contributed by atoms with Gasteiger partial charge in [0.25, 0.3) is 0 Å². The Morgan fingerprint density at radius 1 is 1.50 bits per heavy atom. The van der Waals surface area contributed by atoms with Crippen molar-refractivity contribution in [1.82, 2.24) is 4.98 Å². The summed E-state index contributed by atoms with van der Waals surface area (Å²) in [5.74, 6) is 0.749. The predicted octanol–water partition coefficient (Wildman–Crippen LogP) is 1.30. The Morgan fingerprint density at radius 2 is 2.19 bits per heavy atom. The highest BCUT2D eigenvalue weighted by Gasteiger charge is 2.25. The van der Waals surface area contributed by atoms with Crippen molar-refractivity contribution in [2.24, 2.45) is 0 Å². The Bertz CT molecular complexity index is 495. The molecule has 0 radical (unpaired) electrons. The fraction of sp³-hybridized carbons (Fsp3) is 0.500. The molecule has 1 saturated carbocycles. The molecule has 2 rings (SSSR count). The lowest BCUT2D eigenvalue weighted by atomic mass is 10.2. The maximum atomic E-state index is 11.4. The molecule has 1 aromatic rings. The molecular weight excluding hydrogens is 226 g/mol. The van der Waals surface area contributed by atoms with E-state index < -0.39 is 10.0 Å². The average molecular weight is 241 g/mol. The van der Waals surface area contributed by atoms with Crippen LogP contribution in [0.5, 0.6) is 0 Å². The summed E-state index contributed by atoms with van der Waals surface area (Å²) in [6.07, 6.45) is 2.24. The third kappa shape index (κ3) is 2.44. The Balaban J connectivity index is 2.28. The number of anilines is 2. The summed E-state index contributed by atoms with van der Waals surface area (Å²) >= 11 is 0. The smallest absolute Gasteiger partial charge is 0.233 e. The Hall–Kier alpha value is -1.30. The second kappa shape index (κ2) is 3.93. The molecule has 3 N–H and O–H groups in total. The fourth-order valence-corrected chi connectivity index (χ4v) is 2.00. The molecule has 1 aliphatic rings. The van der Waals surface area contributed by atoms with Gasteiger partial charge in [0.05, 0.1) is 11.4 Å². The van der Waals surface area contributed by atoms with Crippen LogP contribution in [0.15, 0.2) is 12.1 Å². The number of hydrogen-bond donors (Lipinski definition) is 2. The lowest BCUT2D eigenvalue weighted by Gasteiger charge is -2.09. The molecule has 88 valence electrons. The fourth-order valence-electron chi connectivity index (χ4n) is 1.39. The van der Waals surface area contributed by atoms with Gasteiger partial charge in [0.15, 0.2) is 5.82 Å². The normalized spacial score (nSPS) is 16.1. The highest BCUT2D eigenvalue weighted by molar-refractivity contribution is 7.92. The number of nitrogens with one attached hydrogen (secondary N) is 1. The maximum Gasteiger partial charge on any atom is 0.233 e. The van der Waals surface area contributed by atoms with Crippen LogP contribution in [-0.2, 0) is 10.0 Å². The number of aromatic nitrogens is 1. The Kier molecular flexibility index (Phi) is 2.75. The molecule has 0 unspecified atom stereocenters. The molecule has 16 heavy (non-hydrogen) atoms. The maximum absolute atomic E-state index is 11.4. The van der Waals surface area contributed by atoms with Gasteiger partial charge in [0, 0.05) is 11.6 Å². The van der Waals surface area contributed by atoms with Gasteiger partial charge in [0.1, 0.15) is 0 Å². The van der Waals surface area contributed by atoms with Crippen LogP contribution in [0.3, 0.4) is 0 Å². The number of nitrogens with two attached hydrogens (primary N) is 1. The molecule has 0 aliphatic heterocycles. The molecular formula is C10H15N3O2S. The monoisotopic (exact) mass is 241 g/mol. The zero-order valence-corrected chi connectivity index (χ0v) is 9.92. The minimum atomic E-state index is -3.31. The van der Waals surface area contributed by atoms with Gasteiger partial charge in [-0.3, -0.25) is 4.72 Å². The van der Waals surface area contributed by atoms with Crippen LogP contribution in [0, 0.1) is 0 Å². The van der Waals surface area contributed by atoms with Crippen molar-refractivity contribution in [2.45, 2.75) is 25.7 Å². The van der Waals surface area contributed by atoms with E-state index in [9.17, 15) is 8.42 Å². The summed E-state index contributed by atoms with van der Waals surface area (Å²) < 4.78 is 25.2. The van der Waals surface area contributed by atoms with Crippen molar-refractivity contribution in [3.05, 3.63) is 17.8 Å². The van der Waals surface area contributed by atoms with Gasteiger partial charge in [-0.25, -0.2) is 13.4 Å². The van der Waals surface area contributed by atoms with Crippen LogP contribution in [-0.4, -0.2) is 19.2 Å². The summed E-state index contributed by atoms with van der Waals surface area (Å²) in [4.78, 5) is 4.25. The topological polar surface area (TPSA) is 85.1 Å². The second-order valence-electron chi connectivity index (χ2n) is 3.95. The van der Waals surface area contributed by atoms with Crippen molar-refractivity contribution in [3.63, 3.8) is 0 Å². The van der Waals surface area contributed by atoms with Gasteiger partial charge >= 0.3 is 0 Å². The number of rotatable bonds is 4. The zero-order chi connectivity index (χ0) is 11.8. The van der Waals surface area contributed by atoms with Gasteiger partial charge < -0.3 is 5.73 Å². The number of hydrogen-bond acceptors (Lipinski definition) is 4. The first-order chi connectivity index (χ1) is 7.52. The average Bonchev–Trinajstić information content (AvgIpc) is 3.05. The third-order valence-electron chi connectivity index (χ3n) is 2.58. The molecule has 1 aromatic heterocycles. The highest BCUT2D eigenvalue weighted by atomic mass is 32.2. The van der Waals surface area contributed by atoms with Crippen molar-refractivity contribution in [3.8, 4) is 0 Å². The van der Waals surface area contributed by atoms with Gasteiger partial charge in [-0.15, -0.1) is 0 Å². The summed E-state index contributed by atoms with van der Waals surface area (Å²) in [7, 11) is -3.31. The van der Waals surface area contributed by atoms with E-state index in [0.29, 0.717) is 11.6 Å². The van der Waals surface area contributed by atoms with Crippen LogP contribution >= 0.6 is 0 Å². The van der Waals surface area contributed by atoms with E-state index in [1.54, 1.807) is 13.0 Å². The predicted molar refractivity (Wildman–Crippen MR) is 63.7 cm³/mol. The van der Waals surface area contributed by atoms with Crippen molar-refractivity contribution >= 4 is 21.5 Å². The highest BCUT2D eigenvalue weighted by Crippen LogP contribution is 2.39. The standard InChI is InChI=1S/C10H15N3O2S/c1-2-16(14,15)13-10-8(11)5-6-9(12-10)7-3-4-7/h5-7H,2-4,11H2,1H3,(H,12,13). The molecule has 0 atom stereocenters. The first-order valence-electron chi connectivity index (χ1n) is 5.28. The van der Waals surface area contributed by atoms with E-state index in [-0.39, 0.29) is 11.6 Å². The van der Waals surface area contributed by atoms with Crippen molar-refractivity contribution in [1.29, 1.82) is 0 Å². The molecule has 0 bridgehead atoms. The van der Waals surface area contributed by atoms with Crippen LogP contribution in [0.4, 0.5) is 11.5 Å². The molecule has 0 spiro atoms. The molecule has 1 heterocycles. The third-order valence-corrected chi connectivity index (χ3v) is 3.84. The number of nitrogen functional groups attached to an aromatic ring is 1. The van der Waals surface area contributed by atoms with Crippen molar-refractivity contribution < 1.29 is 8.42 Å². The van der Waals surface area contributed by atoms with Gasteiger partial charge in [-0.1, -0.05) is 0 Å². The van der Waals surface area contributed by atoms with E-state index in [2.05, 4.69) is 9.71 Å². The van der Waals surface area contributed by atoms with Crippen LogP contribution < -0.4 is 10.5 Å². The van der Waals surface area contributed by atoms with E-state index >= 15 is 0 Å². The van der Waals surface area contributed by atoms with Crippen LogP contribution in [0.1, 0.15) is 31.4 Å². The number of nitrogens with zero attached hydrogens (tertiary/aromatic N) is 1. The minimum absolute atomic E-state index is 0.0157. The summed E-state index contributed by atoms with van der Waals surface area (Å²) in [5.41, 5.74) is 6.96. The first-order valence-corrected chi connectivity index (χ1v) is 6.94. The van der Waals surface area contributed by atoms with Gasteiger partial charge in [-0.05, 0) is 31.9 Å². The Labute approximate surface area is 95.1 Å². The van der Waals surface area contributed by atoms with Gasteiger partial charge in [-0.2, -0.15) is 0 Å². The lowest BCUT2D eigenvalue weighted by Crippen LogP contribution is -2.17. The Morgan fingerprint density at radius 3 is 2.75 bits per heavy atom. The van der Waals surface area contributed by atoms with E-state index in [0.717, 1.165) is 18.5 Å². The lowest BCUT2D eigenvalue weighted by molar-refractivity contribution is 0.602. The molecule has 5 nitrogen and oxygen atoms in total. The SMILES string of the molecule is CCS(=O)(=O)Nc1nc(C2CC2)ccc1N. The van der Waals surface area contributed by atoms with E-state index in [1.807, 2.05) is 6.07 Å². The minimum Gasteiger partial charge on any atom is -0.396 e. The summed E-state index contributed by atoms with van der Waals surface area (Å²) in [5, 5.41) is 0. The van der Waals surface area contributed by atoms with Crippen molar-refractivity contribution in [2.75, 3.05) is 16.2 Å². The second-order valence-corrected chi connectivity index (χ2v) is 5.96. The number of pyridine rings is 1.